The molecule has 0 bridgehead atoms. The molecule has 0 saturated heterocycles. The summed E-state index contributed by atoms with van der Waals surface area (Å²) in [6.45, 7) is 3.86. The van der Waals surface area contributed by atoms with E-state index in [-0.39, 0.29) is 41.6 Å². The van der Waals surface area contributed by atoms with Gasteiger partial charge in [-0.1, -0.05) is 6.07 Å². The Morgan fingerprint density at radius 3 is 2.93 bits per heavy atom. The lowest BCUT2D eigenvalue weighted by Crippen LogP contribution is -2.46. The average molecular weight is 518 g/mol. The van der Waals surface area contributed by atoms with Crippen molar-refractivity contribution in [3.63, 3.8) is 0 Å². The van der Waals surface area contributed by atoms with E-state index in [4.69, 9.17) is 9.47 Å². The summed E-state index contributed by atoms with van der Waals surface area (Å²) in [4.78, 5) is 8.75. The minimum atomic E-state index is -0.359. The molecular weight excluding hydrogens is 490 g/mol. The first-order valence-corrected chi connectivity index (χ1v) is 9.42. The molecule has 0 amide bonds. The highest BCUT2D eigenvalue weighted by Gasteiger charge is 2.22. The van der Waals surface area contributed by atoms with E-state index in [1.54, 1.807) is 20.2 Å². The molecule has 1 unspecified atom stereocenters. The number of fused-ring (bicyclic) bond motifs is 1. The van der Waals surface area contributed by atoms with Gasteiger partial charge in [0.2, 0.25) is 0 Å². The van der Waals surface area contributed by atoms with E-state index < -0.39 is 0 Å². The van der Waals surface area contributed by atoms with Gasteiger partial charge in [0.25, 0.3) is 0 Å². The SMILES string of the molecule is CCOc1ccc(CNC(=NC)NC2CCc3nc(COC)nn3C2)cc1F.I. The van der Waals surface area contributed by atoms with Crippen LogP contribution in [0.2, 0.25) is 0 Å². The van der Waals surface area contributed by atoms with Crippen LogP contribution in [0.3, 0.4) is 0 Å². The first-order chi connectivity index (χ1) is 13.6. The van der Waals surface area contributed by atoms with E-state index in [1.165, 1.54) is 6.07 Å². The quantitative estimate of drug-likeness (QED) is 0.333. The lowest BCUT2D eigenvalue weighted by atomic mass is 10.1. The molecule has 1 aliphatic rings. The fraction of sp³-hybridized carbons (Fsp3) is 0.526. The number of guanidine groups is 1. The number of nitrogens with one attached hydrogen (secondary N) is 2. The maximum atomic E-state index is 14.0. The van der Waals surface area contributed by atoms with Crippen LogP contribution in [0.4, 0.5) is 4.39 Å². The van der Waals surface area contributed by atoms with E-state index >= 15 is 0 Å². The van der Waals surface area contributed by atoms with Crippen LogP contribution in [0.1, 0.15) is 30.6 Å². The predicted molar refractivity (Wildman–Crippen MR) is 119 cm³/mol. The van der Waals surface area contributed by atoms with Crippen molar-refractivity contribution in [1.82, 2.24) is 25.4 Å². The largest absolute Gasteiger partial charge is 0.491 e. The van der Waals surface area contributed by atoms with Crippen molar-refractivity contribution in [3.8, 4) is 5.75 Å². The summed E-state index contributed by atoms with van der Waals surface area (Å²) in [7, 11) is 3.35. The third kappa shape index (κ3) is 6.26. The van der Waals surface area contributed by atoms with Gasteiger partial charge in [-0.2, -0.15) is 5.10 Å². The highest BCUT2D eigenvalue weighted by Crippen LogP contribution is 2.18. The molecule has 1 aromatic carbocycles. The molecule has 0 aliphatic carbocycles. The molecule has 1 aliphatic heterocycles. The molecule has 0 spiro atoms. The molecule has 29 heavy (non-hydrogen) atoms. The number of ether oxygens (including phenoxy) is 2. The molecule has 8 nitrogen and oxygen atoms in total. The molecule has 0 fully saturated rings. The van der Waals surface area contributed by atoms with Crippen LogP contribution in [-0.4, -0.2) is 47.5 Å². The molecule has 1 aromatic heterocycles. The molecular formula is C19H28FIN6O2. The van der Waals surface area contributed by atoms with Crippen LogP contribution in [-0.2, 0) is 30.9 Å². The predicted octanol–water partition coefficient (Wildman–Crippen LogP) is 2.26. The number of methoxy groups -OCH3 is 1. The Balaban J connectivity index is 0.00000300. The van der Waals surface area contributed by atoms with E-state index in [0.717, 1.165) is 24.2 Å². The number of benzene rings is 1. The fourth-order valence-corrected chi connectivity index (χ4v) is 3.17. The van der Waals surface area contributed by atoms with Gasteiger partial charge in [0.05, 0.1) is 13.2 Å². The number of aryl methyl sites for hydroxylation is 1. The van der Waals surface area contributed by atoms with Crippen molar-refractivity contribution in [3.05, 3.63) is 41.2 Å². The van der Waals surface area contributed by atoms with Crippen molar-refractivity contribution in [2.75, 3.05) is 20.8 Å². The third-order valence-corrected chi connectivity index (χ3v) is 4.50. The smallest absolute Gasteiger partial charge is 0.191 e. The van der Waals surface area contributed by atoms with E-state index in [1.807, 2.05) is 17.7 Å². The average Bonchev–Trinajstić information content (AvgIpc) is 3.09. The fourth-order valence-electron chi connectivity index (χ4n) is 3.17. The minimum Gasteiger partial charge on any atom is -0.491 e. The lowest BCUT2D eigenvalue weighted by Gasteiger charge is -2.25. The summed E-state index contributed by atoms with van der Waals surface area (Å²) in [6.07, 6.45) is 1.78. The normalized spacial score (nSPS) is 16.0. The van der Waals surface area contributed by atoms with Gasteiger partial charge in [0.15, 0.2) is 23.4 Å². The van der Waals surface area contributed by atoms with Crippen LogP contribution < -0.4 is 15.4 Å². The molecule has 160 valence electrons. The van der Waals surface area contributed by atoms with Crippen LogP contribution in [0.25, 0.3) is 0 Å². The van der Waals surface area contributed by atoms with Crippen LogP contribution in [0, 0.1) is 5.82 Å². The van der Waals surface area contributed by atoms with Gasteiger partial charge < -0.3 is 20.1 Å². The third-order valence-electron chi connectivity index (χ3n) is 4.50. The summed E-state index contributed by atoms with van der Waals surface area (Å²) >= 11 is 0. The van der Waals surface area contributed by atoms with Crippen molar-refractivity contribution >= 4 is 29.9 Å². The van der Waals surface area contributed by atoms with Crippen molar-refractivity contribution < 1.29 is 13.9 Å². The Labute approximate surface area is 187 Å². The van der Waals surface area contributed by atoms with Gasteiger partial charge in [-0.25, -0.2) is 14.1 Å². The van der Waals surface area contributed by atoms with Gasteiger partial charge in [0, 0.05) is 33.2 Å². The number of aromatic nitrogens is 3. The molecule has 2 N–H and O–H groups in total. The summed E-state index contributed by atoms with van der Waals surface area (Å²) in [5.74, 6) is 2.27. The summed E-state index contributed by atoms with van der Waals surface area (Å²) in [5.41, 5.74) is 0.815. The maximum Gasteiger partial charge on any atom is 0.191 e. The number of rotatable bonds is 7. The van der Waals surface area contributed by atoms with E-state index in [2.05, 4.69) is 25.7 Å². The van der Waals surface area contributed by atoms with Gasteiger partial charge >= 0.3 is 0 Å². The van der Waals surface area contributed by atoms with Crippen molar-refractivity contribution in [2.24, 2.45) is 4.99 Å². The van der Waals surface area contributed by atoms with Gasteiger partial charge in [0.1, 0.15) is 12.4 Å². The topological polar surface area (TPSA) is 85.6 Å². The highest BCUT2D eigenvalue weighted by molar-refractivity contribution is 14.0. The Morgan fingerprint density at radius 2 is 2.24 bits per heavy atom. The Bertz CT molecular complexity index is 829. The first-order valence-electron chi connectivity index (χ1n) is 9.42. The minimum absolute atomic E-state index is 0. The summed E-state index contributed by atoms with van der Waals surface area (Å²) < 4.78 is 26.2. The Morgan fingerprint density at radius 1 is 1.41 bits per heavy atom. The van der Waals surface area contributed by atoms with Gasteiger partial charge in [-0.15, -0.1) is 24.0 Å². The standard InChI is InChI=1S/C19H27FN6O2.HI/c1-4-28-16-7-5-13(9-15(16)20)10-22-19(21-2)23-14-6-8-18-24-17(12-27-3)25-26(18)11-14;/h5,7,9,14H,4,6,8,10-12H2,1-3H3,(H2,21,22,23);1H. The monoisotopic (exact) mass is 518 g/mol. The second-order valence-electron chi connectivity index (χ2n) is 6.56. The highest BCUT2D eigenvalue weighted by atomic mass is 127. The van der Waals surface area contributed by atoms with E-state index in [9.17, 15) is 4.39 Å². The Kier molecular flexibility index (Phi) is 9.08. The number of hydrogen-bond acceptors (Lipinski definition) is 5. The molecule has 1 atom stereocenters. The van der Waals surface area contributed by atoms with Crippen LogP contribution >= 0.6 is 24.0 Å². The zero-order chi connectivity index (χ0) is 19.9. The number of nitrogens with zero attached hydrogens (tertiary/aromatic N) is 4. The van der Waals surface area contributed by atoms with Gasteiger partial charge in [-0.05, 0) is 31.0 Å². The first kappa shape index (κ1) is 23.3. The molecule has 0 saturated carbocycles. The molecule has 10 heteroatoms. The Hall–Kier alpha value is -1.95. The number of hydrogen-bond donors (Lipinski definition) is 2. The van der Waals surface area contributed by atoms with Gasteiger partial charge in [-0.3, -0.25) is 4.99 Å². The number of aliphatic imine (C=N–C) groups is 1. The molecule has 3 rings (SSSR count). The second-order valence-corrected chi connectivity index (χ2v) is 6.56. The van der Waals surface area contributed by atoms with Crippen molar-refractivity contribution in [1.29, 1.82) is 0 Å². The molecule has 2 heterocycles. The zero-order valence-corrected chi connectivity index (χ0v) is 19.3. The summed E-state index contributed by atoms with van der Waals surface area (Å²) in [5, 5.41) is 11.1. The molecule has 0 radical (unpaired) electrons. The maximum absolute atomic E-state index is 14.0. The number of halogens is 2. The van der Waals surface area contributed by atoms with E-state index in [0.29, 0.717) is 38.1 Å². The lowest BCUT2D eigenvalue weighted by molar-refractivity contribution is 0.177. The zero-order valence-electron chi connectivity index (χ0n) is 16.9. The van der Waals surface area contributed by atoms with Crippen LogP contribution in [0.5, 0.6) is 5.75 Å². The second kappa shape index (κ2) is 11.3. The molecule has 2 aromatic rings. The van der Waals surface area contributed by atoms with Crippen LogP contribution in [0.15, 0.2) is 23.2 Å². The summed E-state index contributed by atoms with van der Waals surface area (Å²) in [6, 6.07) is 5.16. The van der Waals surface area contributed by atoms with Crippen molar-refractivity contribution in [2.45, 2.75) is 45.5 Å².